The number of thioether (sulfide) groups is 1. The monoisotopic (exact) mass is 483 g/mol. The van der Waals surface area contributed by atoms with Gasteiger partial charge in [0.25, 0.3) is 11.1 Å². The van der Waals surface area contributed by atoms with Crippen LogP contribution in [0.4, 0.5) is 9.18 Å². The highest BCUT2D eigenvalue weighted by atomic mass is 35.5. The zero-order chi connectivity index (χ0) is 22.7. The van der Waals surface area contributed by atoms with Gasteiger partial charge in [0.05, 0.1) is 29.7 Å². The quantitative estimate of drug-likeness (QED) is 0.417. The van der Waals surface area contributed by atoms with Gasteiger partial charge in [0.15, 0.2) is 11.5 Å². The first-order valence-corrected chi connectivity index (χ1v) is 11.0. The van der Waals surface area contributed by atoms with E-state index in [-0.39, 0.29) is 28.1 Å². The Morgan fingerprint density at radius 3 is 2.61 bits per heavy atom. The zero-order valence-electron chi connectivity index (χ0n) is 17.1. The third kappa shape index (κ3) is 5.17. The highest BCUT2D eigenvalue weighted by molar-refractivity contribution is 8.18. The number of methoxy groups -OCH3 is 1. The largest absolute Gasteiger partial charge is 0.493 e. The van der Waals surface area contributed by atoms with Crippen molar-refractivity contribution in [3.63, 3.8) is 0 Å². The van der Waals surface area contributed by atoms with Crippen molar-refractivity contribution >= 4 is 52.2 Å². The number of ether oxygens (including phenoxy) is 2. The van der Waals surface area contributed by atoms with Gasteiger partial charge in [0.1, 0.15) is 5.82 Å². The SMILES string of the molecule is CC[C@@H](C)Oc1c(Cl)cc(/C=C2\SC(=O)N(Cc3c(F)cccc3Cl)C2=O)cc1OC. The van der Waals surface area contributed by atoms with E-state index in [0.717, 1.165) is 23.1 Å². The number of amides is 2. The van der Waals surface area contributed by atoms with E-state index in [1.54, 1.807) is 12.1 Å². The second-order valence-corrected chi connectivity index (χ2v) is 8.65. The Hall–Kier alpha value is -2.22. The summed E-state index contributed by atoms with van der Waals surface area (Å²) in [6, 6.07) is 7.50. The van der Waals surface area contributed by atoms with E-state index in [0.29, 0.717) is 22.1 Å². The van der Waals surface area contributed by atoms with Crippen LogP contribution in [0.2, 0.25) is 10.0 Å². The fraction of sp³-hybridized carbons (Fsp3) is 0.273. The zero-order valence-corrected chi connectivity index (χ0v) is 19.4. The molecule has 9 heteroatoms. The van der Waals surface area contributed by atoms with E-state index in [4.69, 9.17) is 32.7 Å². The number of carbonyl (C=O) groups excluding carboxylic acids is 2. The first kappa shape index (κ1) is 23.4. The number of rotatable bonds is 7. The molecule has 1 heterocycles. The lowest BCUT2D eigenvalue weighted by Crippen LogP contribution is -2.28. The topological polar surface area (TPSA) is 55.8 Å². The van der Waals surface area contributed by atoms with Crippen LogP contribution in [0, 0.1) is 5.82 Å². The molecule has 1 aliphatic heterocycles. The second-order valence-electron chi connectivity index (χ2n) is 6.84. The van der Waals surface area contributed by atoms with Gasteiger partial charge in [-0.25, -0.2) is 4.39 Å². The summed E-state index contributed by atoms with van der Waals surface area (Å²) in [5.41, 5.74) is 0.650. The van der Waals surface area contributed by atoms with Crippen LogP contribution in [0.1, 0.15) is 31.4 Å². The summed E-state index contributed by atoms with van der Waals surface area (Å²) in [5, 5.41) is -0.0370. The van der Waals surface area contributed by atoms with E-state index >= 15 is 0 Å². The predicted octanol–water partition coefficient (Wildman–Crippen LogP) is 6.55. The minimum atomic E-state index is -0.580. The summed E-state index contributed by atoms with van der Waals surface area (Å²) in [6.07, 6.45) is 2.27. The van der Waals surface area contributed by atoms with Crippen molar-refractivity contribution in [3.8, 4) is 11.5 Å². The lowest BCUT2D eigenvalue weighted by molar-refractivity contribution is -0.123. The number of benzene rings is 2. The fourth-order valence-electron chi connectivity index (χ4n) is 2.85. The molecule has 0 spiro atoms. The lowest BCUT2D eigenvalue weighted by atomic mass is 10.1. The van der Waals surface area contributed by atoms with Crippen LogP contribution in [0.5, 0.6) is 11.5 Å². The number of halogens is 3. The standard InChI is InChI=1S/C22H20Cl2FNO4S/c1-4-12(2)30-20-16(24)8-13(9-18(20)29-3)10-19-21(27)26(22(28)31-19)11-14-15(23)6-5-7-17(14)25/h5-10,12H,4,11H2,1-3H3/b19-10-/t12-/m1/s1. The molecule has 31 heavy (non-hydrogen) atoms. The van der Waals surface area contributed by atoms with Crippen molar-refractivity contribution in [2.24, 2.45) is 0 Å². The number of carbonyl (C=O) groups is 2. The van der Waals surface area contributed by atoms with E-state index in [9.17, 15) is 14.0 Å². The third-order valence-electron chi connectivity index (χ3n) is 4.69. The molecule has 0 N–H and O–H groups in total. The molecule has 0 aliphatic carbocycles. The Labute approximate surface area is 194 Å². The molecular weight excluding hydrogens is 464 g/mol. The molecule has 0 radical (unpaired) electrons. The van der Waals surface area contributed by atoms with Crippen molar-refractivity contribution in [3.05, 3.63) is 62.2 Å². The van der Waals surface area contributed by atoms with Gasteiger partial charge in [0.2, 0.25) is 0 Å². The van der Waals surface area contributed by atoms with Crippen LogP contribution in [0.25, 0.3) is 6.08 Å². The van der Waals surface area contributed by atoms with E-state index in [1.165, 1.54) is 31.4 Å². The summed E-state index contributed by atoms with van der Waals surface area (Å²) in [5.74, 6) is -0.289. The van der Waals surface area contributed by atoms with E-state index in [2.05, 4.69) is 0 Å². The van der Waals surface area contributed by atoms with Crippen LogP contribution in [-0.2, 0) is 11.3 Å². The maximum Gasteiger partial charge on any atom is 0.293 e. The fourth-order valence-corrected chi connectivity index (χ4v) is 4.18. The molecule has 0 bridgehead atoms. The first-order valence-electron chi connectivity index (χ1n) is 9.47. The van der Waals surface area contributed by atoms with Crippen LogP contribution in [0.15, 0.2) is 35.2 Å². The van der Waals surface area contributed by atoms with Gasteiger partial charge in [0, 0.05) is 10.6 Å². The molecule has 1 atom stereocenters. The summed E-state index contributed by atoms with van der Waals surface area (Å²) >= 11 is 13.2. The van der Waals surface area contributed by atoms with E-state index < -0.39 is 17.0 Å². The molecule has 2 amide bonds. The Bertz CT molecular complexity index is 1040. The van der Waals surface area contributed by atoms with Gasteiger partial charge in [-0.2, -0.15) is 0 Å². The van der Waals surface area contributed by atoms with Crippen molar-refractivity contribution in [2.75, 3.05) is 7.11 Å². The third-order valence-corrected chi connectivity index (χ3v) is 6.24. The Balaban J connectivity index is 1.88. The number of imide groups is 1. The van der Waals surface area contributed by atoms with Gasteiger partial charge in [-0.05, 0) is 61.0 Å². The minimum Gasteiger partial charge on any atom is -0.493 e. The number of hydrogen-bond acceptors (Lipinski definition) is 5. The Morgan fingerprint density at radius 1 is 1.23 bits per heavy atom. The molecule has 1 aliphatic rings. The molecule has 5 nitrogen and oxygen atoms in total. The van der Waals surface area contributed by atoms with Crippen LogP contribution in [-0.4, -0.2) is 29.3 Å². The second kappa shape index (κ2) is 9.94. The maximum absolute atomic E-state index is 14.1. The molecule has 0 unspecified atom stereocenters. The summed E-state index contributed by atoms with van der Waals surface area (Å²) in [4.78, 5) is 26.3. The van der Waals surface area contributed by atoms with Crippen LogP contribution < -0.4 is 9.47 Å². The number of nitrogens with zero attached hydrogens (tertiary/aromatic N) is 1. The average molecular weight is 484 g/mol. The van der Waals surface area contributed by atoms with Crippen LogP contribution >= 0.6 is 35.0 Å². The molecule has 1 fully saturated rings. The minimum absolute atomic E-state index is 0.0565. The lowest BCUT2D eigenvalue weighted by Gasteiger charge is -2.17. The summed E-state index contributed by atoms with van der Waals surface area (Å²) < 4.78 is 25.3. The van der Waals surface area contributed by atoms with E-state index in [1.807, 2.05) is 13.8 Å². The molecule has 2 aromatic rings. The maximum atomic E-state index is 14.1. The normalized spacial score (nSPS) is 16.2. The summed E-state index contributed by atoms with van der Waals surface area (Å²) in [7, 11) is 1.49. The van der Waals surface area contributed by atoms with Crippen molar-refractivity contribution in [2.45, 2.75) is 32.9 Å². The van der Waals surface area contributed by atoms with Gasteiger partial charge in [-0.15, -0.1) is 0 Å². The van der Waals surface area contributed by atoms with Gasteiger partial charge in [-0.1, -0.05) is 36.2 Å². The molecule has 0 saturated carbocycles. The molecular formula is C22H20Cl2FNO4S. The number of hydrogen-bond donors (Lipinski definition) is 0. The van der Waals surface area contributed by atoms with Crippen molar-refractivity contribution in [1.29, 1.82) is 0 Å². The summed E-state index contributed by atoms with van der Waals surface area (Å²) in [6.45, 7) is 3.66. The molecule has 2 aromatic carbocycles. The van der Waals surface area contributed by atoms with Gasteiger partial charge in [-0.3, -0.25) is 14.5 Å². The first-order chi connectivity index (χ1) is 14.7. The van der Waals surface area contributed by atoms with Crippen molar-refractivity contribution in [1.82, 2.24) is 4.90 Å². The molecule has 164 valence electrons. The Morgan fingerprint density at radius 2 is 1.97 bits per heavy atom. The molecule has 3 rings (SSSR count). The van der Waals surface area contributed by atoms with Crippen molar-refractivity contribution < 1.29 is 23.5 Å². The molecule has 1 saturated heterocycles. The highest BCUT2D eigenvalue weighted by Crippen LogP contribution is 2.40. The van der Waals surface area contributed by atoms with Crippen LogP contribution in [0.3, 0.4) is 0 Å². The highest BCUT2D eigenvalue weighted by Gasteiger charge is 2.36. The molecule has 0 aromatic heterocycles. The smallest absolute Gasteiger partial charge is 0.293 e. The predicted molar refractivity (Wildman–Crippen MR) is 121 cm³/mol. The average Bonchev–Trinajstić information content (AvgIpc) is 2.99. The van der Waals surface area contributed by atoms with Gasteiger partial charge < -0.3 is 9.47 Å². The Kier molecular flexibility index (Phi) is 7.51. The van der Waals surface area contributed by atoms with Gasteiger partial charge >= 0.3 is 0 Å².